The number of carbonyl (C=O) groups is 2. The third-order valence-corrected chi connectivity index (χ3v) is 3.27. The number of carbonyl (C=O) groups excluding carboxylic acids is 2. The summed E-state index contributed by atoms with van der Waals surface area (Å²) >= 11 is 1.65. The molecule has 1 aromatic heterocycles. The summed E-state index contributed by atoms with van der Waals surface area (Å²) in [5.41, 5.74) is 0.726. The van der Waals surface area contributed by atoms with Gasteiger partial charge in [-0.2, -0.15) is 0 Å². The number of amides is 3. The Labute approximate surface area is 108 Å². The molecule has 1 heterocycles. The maximum absolute atomic E-state index is 11.6. The summed E-state index contributed by atoms with van der Waals surface area (Å²) in [6.07, 6.45) is 0. The van der Waals surface area contributed by atoms with Crippen molar-refractivity contribution in [3.63, 3.8) is 0 Å². The van der Waals surface area contributed by atoms with E-state index in [4.69, 9.17) is 0 Å². The number of anilines is 1. The number of benzene rings is 1. The third-order valence-electron chi connectivity index (χ3n) is 2.37. The number of hydrogen-bond donors (Lipinski definition) is 3. The highest BCUT2D eigenvalue weighted by molar-refractivity contribution is 7.17. The van der Waals surface area contributed by atoms with Gasteiger partial charge in [-0.1, -0.05) is 0 Å². The van der Waals surface area contributed by atoms with Crippen molar-refractivity contribution >= 4 is 39.0 Å². The molecule has 0 aliphatic carbocycles. The van der Waals surface area contributed by atoms with Crippen molar-refractivity contribution in [2.24, 2.45) is 0 Å². The molecule has 2 rings (SSSR count). The zero-order valence-electron chi connectivity index (χ0n) is 9.82. The van der Waals surface area contributed by atoms with Crippen LogP contribution in [0.1, 0.15) is 0 Å². The van der Waals surface area contributed by atoms with Crippen molar-refractivity contribution in [2.45, 2.75) is 0 Å². The maximum atomic E-state index is 11.6. The van der Waals surface area contributed by atoms with Crippen LogP contribution in [0.4, 0.5) is 10.5 Å². The fraction of sp³-hybridized carbons (Fsp3) is 0.167. The fourth-order valence-electron chi connectivity index (χ4n) is 1.50. The quantitative estimate of drug-likeness (QED) is 0.790. The minimum atomic E-state index is -0.376. The van der Waals surface area contributed by atoms with Gasteiger partial charge in [-0.3, -0.25) is 4.79 Å². The first-order chi connectivity index (χ1) is 8.69. The molecule has 18 heavy (non-hydrogen) atoms. The Hall–Kier alpha value is -2.08. The average Bonchev–Trinajstić information content (AvgIpc) is 2.83. The summed E-state index contributed by atoms with van der Waals surface area (Å²) in [5.74, 6) is -0.256. The first-order valence-electron chi connectivity index (χ1n) is 5.42. The minimum absolute atomic E-state index is 0.0542. The SMILES string of the molecule is CNC(=O)NCC(=O)Nc1ccc2sccc2c1. The van der Waals surface area contributed by atoms with Crippen molar-refractivity contribution in [3.8, 4) is 0 Å². The minimum Gasteiger partial charge on any atom is -0.341 e. The third kappa shape index (κ3) is 2.98. The Kier molecular flexibility index (Phi) is 3.78. The van der Waals surface area contributed by atoms with Crippen LogP contribution in [0.5, 0.6) is 0 Å². The van der Waals surface area contributed by atoms with Crippen molar-refractivity contribution in [1.29, 1.82) is 0 Å². The number of rotatable bonds is 3. The van der Waals surface area contributed by atoms with Crippen molar-refractivity contribution in [2.75, 3.05) is 18.9 Å². The lowest BCUT2D eigenvalue weighted by Crippen LogP contribution is -2.38. The summed E-state index contributed by atoms with van der Waals surface area (Å²) in [6, 6.07) is 7.33. The molecule has 0 bridgehead atoms. The zero-order chi connectivity index (χ0) is 13.0. The summed E-state index contributed by atoms with van der Waals surface area (Å²) in [7, 11) is 1.50. The highest BCUT2D eigenvalue weighted by atomic mass is 32.1. The molecule has 3 N–H and O–H groups in total. The first kappa shape index (κ1) is 12.4. The number of nitrogens with one attached hydrogen (secondary N) is 3. The van der Waals surface area contributed by atoms with Crippen LogP contribution in [0, 0.1) is 0 Å². The molecular formula is C12H13N3O2S. The summed E-state index contributed by atoms with van der Waals surface area (Å²) in [4.78, 5) is 22.5. The molecule has 0 atom stereocenters. The van der Waals surface area contributed by atoms with Crippen molar-refractivity contribution in [1.82, 2.24) is 10.6 Å². The van der Waals surface area contributed by atoms with Gasteiger partial charge in [-0.05, 0) is 35.0 Å². The largest absolute Gasteiger partial charge is 0.341 e. The molecule has 0 fully saturated rings. The standard InChI is InChI=1S/C12H13N3O2S/c1-13-12(17)14-7-11(16)15-9-2-3-10-8(6-9)4-5-18-10/h2-6H,7H2,1H3,(H,15,16)(H2,13,14,17). The van der Waals surface area contributed by atoms with Crippen molar-refractivity contribution in [3.05, 3.63) is 29.6 Å². The van der Waals surface area contributed by atoms with Gasteiger partial charge in [0, 0.05) is 17.4 Å². The van der Waals surface area contributed by atoms with Gasteiger partial charge in [0.25, 0.3) is 0 Å². The Bertz CT molecular complexity index is 579. The average molecular weight is 263 g/mol. The molecule has 0 saturated heterocycles. The van der Waals surface area contributed by atoms with Crippen LogP contribution >= 0.6 is 11.3 Å². The molecule has 0 radical (unpaired) electrons. The number of hydrogen-bond acceptors (Lipinski definition) is 3. The van der Waals surface area contributed by atoms with E-state index in [2.05, 4.69) is 16.0 Å². The Morgan fingerprint density at radius 1 is 1.28 bits per heavy atom. The molecule has 0 unspecified atom stereocenters. The monoisotopic (exact) mass is 263 g/mol. The zero-order valence-corrected chi connectivity index (χ0v) is 10.6. The molecule has 6 heteroatoms. The molecule has 3 amide bonds. The normalized spacial score (nSPS) is 10.1. The lowest BCUT2D eigenvalue weighted by atomic mass is 10.2. The highest BCUT2D eigenvalue weighted by Crippen LogP contribution is 2.23. The Balaban J connectivity index is 1.96. The molecule has 5 nitrogen and oxygen atoms in total. The highest BCUT2D eigenvalue weighted by Gasteiger charge is 2.05. The van der Waals surface area contributed by atoms with E-state index in [0.717, 1.165) is 11.1 Å². The van der Waals surface area contributed by atoms with Crippen LogP contribution in [-0.4, -0.2) is 25.5 Å². The van der Waals surface area contributed by atoms with Crippen LogP contribution in [-0.2, 0) is 4.79 Å². The second-order valence-corrected chi connectivity index (χ2v) is 4.60. The molecule has 0 aliphatic heterocycles. The first-order valence-corrected chi connectivity index (χ1v) is 6.29. The topological polar surface area (TPSA) is 70.2 Å². The number of urea groups is 1. The van der Waals surface area contributed by atoms with Gasteiger partial charge >= 0.3 is 6.03 Å². The molecule has 2 aromatic rings. The lowest BCUT2D eigenvalue weighted by molar-refractivity contribution is -0.115. The van der Waals surface area contributed by atoms with Gasteiger partial charge in [0.2, 0.25) is 5.91 Å². The van der Waals surface area contributed by atoms with E-state index in [0.29, 0.717) is 0 Å². The predicted molar refractivity (Wildman–Crippen MR) is 72.9 cm³/mol. The van der Waals surface area contributed by atoms with Crippen LogP contribution < -0.4 is 16.0 Å². The summed E-state index contributed by atoms with van der Waals surface area (Å²) in [5, 5.41) is 10.6. The van der Waals surface area contributed by atoms with Gasteiger partial charge in [0.15, 0.2) is 0 Å². The molecule has 0 spiro atoms. The summed E-state index contributed by atoms with van der Waals surface area (Å²) in [6.45, 7) is -0.0542. The van der Waals surface area contributed by atoms with E-state index >= 15 is 0 Å². The van der Waals surface area contributed by atoms with Gasteiger partial charge in [0.1, 0.15) is 0 Å². The smallest absolute Gasteiger partial charge is 0.314 e. The second-order valence-electron chi connectivity index (χ2n) is 3.65. The Morgan fingerprint density at radius 3 is 2.89 bits per heavy atom. The van der Waals surface area contributed by atoms with E-state index in [-0.39, 0.29) is 18.5 Å². The molecular weight excluding hydrogens is 250 g/mol. The summed E-state index contributed by atoms with van der Waals surface area (Å²) < 4.78 is 1.18. The second kappa shape index (κ2) is 5.50. The van der Waals surface area contributed by atoms with E-state index in [1.165, 1.54) is 11.7 Å². The number of thiophene rings is 1. The van der Waals surface area contributed by atoms with E-state index in [1.807, 2.05) is 29.6 Å². The van der Waals surface area contributed by atoms with Crippen LogP contribution in [0.25, 0.3) is 10.1 Å². The van der Waals surface area contributed by atoms with E-state index in [9.17, 15) is 9.59 Å². The molecule has 0 aliphatic rings. The van der Waals surface area contributed by atoms with Crippen LogP contribution in [0.15, 0.2) is 29.6 Å². The van der Waals surface area contributed by atoms with E-state index < -0.39 is 0 Å². The van der Waals surface area contributed by atoms with Gasteiger partial charge < -0.3 is 16.0 Å². The predicted octanol–water partition coefficient (Wildman–Crippen LogP) is 1.77. The molecule has 0 saturated carbocycles. The lowest BCUT2D eigenvalue weighted by Gasteiger charge is -2.06. The molecule has 94 valence electrons. The van der Waals surface area contributed by atoms with Gasteiger partial charge in [0.05, 0.1) is 6.54 Å². The van der Waals surface area contributed by atoms with E-state index in [1.54, 1.807) is 11.3 Å². The maximum Gasteiger partial charge on any atom is 0.314 e. The Morgan fingerprint density at radius 2 is 2.11 bits per heavy atom. The van der Waals surface area contributed by atoms with Crippen molar-refractivity contribution < 1.29 is 9.59 Å². The number of fused-ring (bicyclic) bond motifs is 1. The fourth-order valence-corrected chi connectivity index (χ4v) is 2.27. The van der Waals surface area contributed by atoms with Crippen LogP contribution in [0.3, 0.4) is 0 Å². The van der Waals surface area contributed by atoms with Gasteiger partial charge in [-0.15, -0.1) is 11.3 Å². The van der Waals surface area contributed by atoms with Gasteiger partial charge in [-0.25, -0.2) is 4.79 Å². The van der Waals surface area contributed by atoms with Crippen LogP contribution in [0.2, 0.25) is 0 Å². The molecule has 1 aromatic carbocycles.